The van der Waals surface area contributed by atoms with Crippen LogP contribution in [-0.4, -0.2) is 46.8 Å². The van der Waals surface area contributed by atoms with E-state index in [1.807, 2.05) is 24.3 Å². The van der Waals surface area contributed by atoms with Crippen molar-refractivity contribution in [2.24, 2.45) is 0 Å². The number of hydrogen-bond acceptors (Lipinski definition) is 6. The van der Waals surface area contributed by atoms with Gasteiger partial charge in [0.05, 0.1) is 21.3 Å². The molecule has 1 aliphatic rings. The lowest BCUT2D eigenvalue weighted by Gasteiger charge is -2.36. The zero-order chi connectivity index (χ0) is 26.4. The van der Waals surface area contributed by atoms with E-state index in [0.29, 0.717) is 23.8 Å². The molecule has 0 bridgehead atoms. The van der Waals surface area contributed by atoms with E-state index in [9.17, 15) is 13.2 Å². The number of anilines is 1. The van der Waals surface area contributed by atoms with E-state index in [-0.39, 0.29) is 24.2 Å². The van der Waals surface area contributed by atoms with Gasteiger partial charge in [-0.2, -0.15) is 0 Å². The summed E-state index contributed by atoms with van der Waals surface area (Å²) in [5.41, 5.74) is 3.81. The van der Waals surface area contributed by atoms with Gasteiger partial charge in [-0.1, -0.05) is 18.2 Å². The molecule has 10 heteroatoms. The van der Waals surface area contributed by atoms with Gasteiger partial charge in [0.1, 0.15) is 5.75 Å². The van der Waals surface area contributed by atoms with E-state index in [0.717, 1.165) is 48.3 Å². The Morgan fingerprint density at radius 1 is 0.842 bits per heavy atom. The maximum absolute atomic E-state index is 12.6. The number of benzene rings is 3. The number of ether oxygens (including phenoxy) is 4. The van der Waals surface area contributed by atoms with Gasteiger partial charge in [-0.15, -0.1) is 25.6 Å². The number of piperidine rings is 1. The molecule has 38 heavy (non-hydrogen) atoms. The summed E-state index contributed by atoms with van der Waals surface area (Å²) in [7, 11) is 4.73. The Hall–Kier alpha value is -3.30. The molecule has 1 aliphatic heterocycles. The first-order valence-corrected chi connectivity index (χ1v) is 12.0. The molecule has 0 unspecified atom stereocenters. The molecule has 206 valence electrons. The van der Waals surface area contributed by atoms with Gasteiger partial charge in [-0.3, -0.25) is 0 Å². The molecule has 3 aromatic carbocycles. The summed E-state index contributed by atoms with van der Waals surface area (Å²) in [6.07, 6.45) is -2.84. The molecule has 0 aliphatic carbocycles. The van der Waals surface area contributed by atoms with E-state index in [4.69, 9.17) is 14.2 Å². The van der Waals surface area contributed by atoms with Gasteiger partial charge in [0.2, 0.25) is 5.75 Å². The zero-order valence-electron chi connectivity index (χ0n) is 21.5. The van der Waals surface area contributed by atoms with Crippen LogP contribution in [0.5, 0.6) is 23.0 Å². The van der Waals surface area contributed by atoms with E-state index < -0.39 is 6.36 Å². The van der Waals surface area contributed by atoms with Crippen LogP contribution in [0.25, 0.3) is 11.1 Å². The smallest absolute Gasteiger partial charge is 0.493 e. The second-order valence-corrected chi connectivity index (χ2v) is 8.77. The fourth-order valence-corrected chi connectivity index (χ4v) is 4.68. The highest BCUT2D eigenvalue weighted by Crippen LogP contribution is 2.41. The highest BCUT2D eigenvalue weighted by molar-refractivity contribution is 5.85. The van der Waals surface area contributed by atoms with Crippen LogP contribution in [0.3, 0.4) is 0 Å². The van der Waals surface area contributed by atoms with Gasteiger partial charge in [-0.25, -0.2) is 0 Å². The maximum atomic E-state index is 12.6. The zero-order valence-corrected chi connectivity index (χ0v) is 22.3. The van der Waals surface area contributed by atoms with Gasteiger partial charge in [0, 0.05) is 18.3 Å². The highest BCUT2D eigenvalue weighted by atomic mass is 35.5. The number of methoxy groups -OCH3 is 3. The second kappa shape index (κ2) is 13.0. The molecule has 0 atom stereocenters. The molecule has 0 saturated carbocycles. The van der Waals surface area contributed by atoms with Crippen LogP contribution in [0.2, 0.25) is 0 Å². The second-order valence-electron chi connectivity index (χ2n) is 8.77. The molecule has 0 radical (unpaired) electrons. The highest BCUT2D eigenvalue weighted by Gasteiger charge is 2.31. The number of alkyl halides is 3. The van der Waals surface area contributed by atoms with Gasteiger partial charge >= 0.3 is 6.36 Å². The molecule has 0 amide bonds. The van der Waals surface area contributed by atoms with Gasteiger partial charge in [0.15, 0.2) is 11.5 Å². The van der Waals surface area contributed by atoms with Crippen molar-refractivity contribution in [3.8, 4) is 34.1 Å². The van der Waals surface area contributed by atoms with Crippen LogP contribution in [0.1, 0.15) is 18.4 Å². The van der Waals surface area contributed by atoms with Crippen molar-refractivity contribution in [1.29, 1.82) is 0 Å². The first-order chi connectivity index (χ1) is 17.8. The van der Waals surface area contributed by atoms with Gasteiger partial charge in [-0.05, 0) is 85.1 Å². The summed E-state index contributed by atoms with van der Waals surface area (Å²) in [5, 5.41) is 3.38. The maximum Gasteiger partial charge on any atom is 0.573 e. The van der Waals surface area contributed by atoms with Gasteiger partial charge < -0.3 is 29.2 Å². The molecule has 0 aromatic heterocycles. The summed E-state index contributed by atoms with van der Waals surface area (Å²) in [6, 6.07) is 18.3. The lowest BCUT2D eigenvalue weighted by Crippen LogP contribution is -2.43. The average Bonchev–Trinajstić information content (AvgIpc) is 2.91. The average molecular weight is 553 g/mol. The van der Waals surface area contributed by atoms with Crippen molar-refractivity contribution < 1.29 is 32.1 Å². The van der Waals surface area contributed by atoms with E-state index in [2.05, 4.69) is 27.1 Å². The molecule has 0 spiro atoms. The summed E-state index contributed by atoms with van der Waals surface area (Å²) in [4.78, 5) is 2.26. The third-order valence-corrected chi connectivity index (χ3v) is 6.43. The summed E-state index contributed by atoms with van der Waals surface area (Å²) >= 11 is 0. The van der Waals surface area contributed by atoms with E-state index in [1.165, 1.54) is 12.1 Å². The molecule has 1 fully saturated rings. The van der Waals surface area contributed by atoms with Crippen LogP contribution in [0, 0.1) is 0 Å². The molecular formula is C28H32ClF3N2O4. The largest absolute Gasteiger partial charge is 0.573 e. The Bertz CT molecular complexity index is 1160. The minimum atomic E-state index is -4.72. The molecule has 1 N–H and O–H groups in total. The van der Waals surface area contributed by atoms with Crippen LogP contribution in [-0.2, 0) is 6.54 Å². The Balaban J connectivity index is 0.00000400. The molecule has 4 rings (SSSR count). The number of nitrogens with zero attached hydrogens (tertiary/aromatic N) is 1. The topological polar surface area (TPSA) is 52.2 Å². The third kappa shape index (κ3) is 7.17. The summed E-state index contributed by atoms with van der Waals surface area (Å²) < 4.78 is 58.4. The number of rotatable bonds is 9. The van der Waals surface area contributed by atoms with Crippen molar-refractivity contribution >= 4 is 18.1 Å². The van der Waals surface area contributed by atoms with Crippen molar-refractivity contribution in [3.63, 3.8) is 0 Å². The lowest BCUT2D eigenvalue weighted by atomic mass is 9.99. The molecule has 6 nitrogen and oxygen atoms in total. The van der Waals surface area contributed by atoms with Crippen molar-refractivity contribution in [2.45, 2.75) is 31.8 Å². The van der Waals surface area contributed by atoms with Crippen LogP contribution in [0.15, 0.2) is 60.7 Å². The monoisotopic (exact) mass is 552 g/mol. The quantitative estimate of drug-likeness (QED) is 0.329. The van der Waals surface area contributed by atoms with Gasteiger partial charge in [0.25, 0.3) is 0 Å². The molecule has 1 saturated heterocycles. The Morgan fingerprint density at radius 2 is 1.47 bits per heavy atom. The Labute approximate surface area is 227 Å². The minimum absolute atomic E-state index is 0. The molecule has 1 heterocycles. The minimum Gasteiger partial charge on any atom is -0.493 e. The van der Waals surface area contributed by atoms with E-state index in [1.54, 1.807) is 33.5 Å². The lowest BCUT2D eigenvalue weighted by molar-refractivity contribution is -0.274. The third-order valence-electron chi connectivity index (χ3n) is 6.43. The summed E-state index contributed by atoms with van der Waals surface area (Å²) in [6.45, 7) is 2.38. The summed E-state index contributed by atoms with van der Waals surface area (Å²) in [5.74, 6) is 1.44. The predicted molar refractivity (Wildman–Crippen MR) is 144 cm³/mol. The first-order valence-electron chi connectivity index (χ1n) is 12.0. The SMILES string of the molecule is COc1cc(-c2cccc(CN(c3ccc(OC(F)(F)F)cc3)C3CCNCC3)c2)cc(OC)c1OC.Cl. The Morgan fingerprint density at radius 3 is 2.03 bits per heavy atom. The Kier molecular flexibility index (Phi) is 9.99. The van der Waals surface area contributed by atoms with Crippen molar-refractivity contribution in [1.82, 2.24) is 5.32 Å². The fraction of sp³-hybridized carbons (Fsp3) is 0.357. The molecular weight excluding hydrogens is 521 g/mol. The predicted octanol–water partition coefficient (Wildman–Crippen LogP) is 6.46. The van der Waals surface area contributed by atoms with Crippen molar-refractivity contribution in [2.75, 3.05) is 39.3 Å². The molecule has 3 aromatic rings. The standard InChI is InChI=1S/C28H31F3N2O4.ClH/c1-34-25-16-21(17-26(35-2)27(25)36-3)20-6-4-5-19(15-20)18-33(23-11-13-32-14-12-23)22-7-9-24(10-8-22)37-28(29,30)31;/h4-10,15-17,23,32H,11-14,18H2,1-3H3;1H. The van der Waals surface area contributed by atoms with Crippen LogP contribution >= 0.6 is 12.4 Å². The normalized spacial score (nSPS) is 13.8. The van der Waals surface area contributed by atoms with Crippen molar-refractivity contribution in [3.05, 3.63) is 66.2 Å². The van der Waals surface area contributed by atoms with Crippen LogP contribution in [0.4, 0.5) is 18.9 Å². The number of halogens is 4. The van der Waals surface area contributed by atoms with E-state index >= 15 is 0 Å². The fourth-order valence-electron chi connectivity index (χ4n) is 4.68. The van der Waals surface area contributed by atoms with Crippen LogP contribution < -0.4 is 29.2 Å². The number of nitrogens with one attached hydrogen (secondary N) is 1. The first kappa shape index (κ1) is 29.3. The number of hydrogen-bond donors (Lipinski definition) is 1.